The van der Waals surface area contributed by atoms with Gasteiger partial charge in [0.25, 0.3) is 0 Å². The number of aromatic nitrogens is 4. The zero-order chi connectivity index (χ0) is 18.4. The molecule has 0 saturated carbocycles. The van der Waals surface area contributed by atoms with Crippen molar-refractivity contribution in [1.82, 2.24) is 19.9 Å². The van der Waals surface area contributed by atoms with Crippen molar-refractivity contribution in [3.63, 3.8) is 0 Å². The molecule has 25 heavy (non-hydrogen) atoms. The number of rotatable bonds is 8. The molecule has 2 aromatic rings. The minimum absolute atomic E-state index is 0.0856. The van der Waals surface area contributed by atoms with Gasteiger partial charge < -0.3 is 14.7 Å². The van der Waals surface area contributed by atoms with Gasteiger partial charge in [0.2, 0.25) is 11.8 Å². The molecule has 134 valence electrons. The standard InChI is InChI=1S/C16H21N5O2S2/c1-6-10-13(21(7-2)8-3)14(23-4)20-15(17-10)25-16-18-11(22)9-12(19-16)24-5/h6,9H,1,7-8H2,2-5H3,(H,18,19,22). The average molecular weight is 380 g/mol. The van der Waals surface area contributed by atoms with Crippen LogP contribution in [0.4, 0.5) is 5.69 Å². The normalized spacial score (nSPS) is 10.6. The Bertz CT molecular complexity index is 754. The molecule has 0 bridgehead atoms. The van der Waals surface area contributed by atoms with Gasteiger partial charge >= 0.3 is 0 Å². The topological polar surface area (TPSA) is 84.3 Å². The van der Waals surface area contributed by atoms with Gasteiger partial charge in [-0.15, -0.1) is 11.8 Å². The molecular weight excluding hydrogens is 358 g/mol. The second-order valence-corrected chi connectivity index (χ2v) is 6.54. The third-order valence-corrected chi connectivity index (χ3v) is 4.74. The molecule has 0 aliphatic carbocycles. The van der Waals surface area contributed by atoms with Crippen LogP contribution < -0.4 is 9.64 Å². The summed E-state index contributed by atoms with van der Waals surface area (Å²) in [4.78, 5) is 19.5. The molecule has 0 unspecified atom stereocenters. The van der Waals surface area contributed by atoms with E-state index in [1.807, 2.05) is 6.26 Å². The van der Waals surface area contributed by atoms with Crippen molar-refractivity contribution in [2.75, 3.05) is 31.4 Å². The number of thioether (sulfide) groups is 1. The van der Waals surface area contributed by atoms with Crippen LogP contribution in [0.2, 0.25) is 0 Å². The molecule has 0 atom stereocenters. The minimum atomic E-state index is -0.0856. The van der Waals surface area contributed by atoms with E-state index in [4.69, 9.17) is 4.74 Å². The van der Waals surface area contributed by atoms with E-state index < -0.39 is 0 Å². The van der Waals surface area contributed by atoms with Crippen LogP contribution in [-0.2, 0) is 0 Å². The summed E-state index contributed by atoms with van der Waals surface area (Å²) in [6, 6.07) is 1.51. The molecule has 0 amide bonds. The molecule has 0 aromatic carbocycles. The van der Waals surface area contributed by atoms with Crippen molar-refractivity contribution in [3.05, 3.63) is 18.3 Å². The molecule has 0 aliphatic rings. The van der Waals surface area contributed by atoms with Crippen LogP contribution in [0.1, 0.15) is 19.5 Å². The Kier molecular flexibility index (Phi) is 6.89. The summed E-state index contributed by atoms with van der Waals surface area (Å²) >= 11 is 2.58. The van der Waals surface area contributed by atoms with Gasteiger partial charge in [0.05, 0.1) is 12.8 Å². The smallest absolute Gasteiger partial charge is 0.242 e. The van der Waals surface area contributed by atoms with Gasteiger partial charge in [0.15, 0.2) is 10.3 Å². The Morgan fingerprint density at radius 3 is 2.44 bits per heavy atom. The highest BCUT2D eigenvalue weighted by atomic mass is 32.2. The fourth-order valence-electron chi connectivity index (χ4n) is 2.22. The summed E-state index contributed by atoms with van der Waals surface area (Å²) < 4.78 is 5.47. The van der Waals surface area contributed by atoms with Crippen molar-refractivity contribution in [1.29, 1.82) is 0 Å². The number of aromatic hydroxyl groups is 1. The number of nitrogens with zero attached hydrogens (tertiary/aromatic N) is 5. The lowest BCUT2D eigenvalue weighted by Crippen LogP contribution is -2.24. The predicted molar refractivity (Wildman–Crippen MR) is 102 cm³/mol. The highest BCUT2D eigenvalue weighted by molar-refractivity contribution is 7.99. The highest BCUT2D eigenvalue weighted by Crippen LogP contribution is 2.34. The van der Waals surface area contributed by atoms with Crippen LogP contribution in [-0.4, -0.2) is 51.5 Å². The number of ether oxygens (including phenoxy) is 1. The SMILES string of the molecule is C=Cc1nc(Sc2nc(O)cc(SC)n2)nc(OC)c1N(CC)CC. The lowest BCUT2D eigenvalue weighted by Gasteiger charge is -2.24. The average Bonchev–Trinajstić information content (AvgIpc) is 2.62. The molecule has 2 rings (SSSR count). The molecule has 0 radical (unpaired) electrons. The second kappa shape index (κ2) is 8.91. The zero-order valence-electron chi connectivity index (χ0n) is 14.7. The van der Waals surface area contributed by atoms with Crippen molar-refractivity contribution in [2.45, 2.75) is 29.2 Å². The van der Waals surface area contributed by atoms with Crippen LogP contribution >= 0.6 is 23.5 Å². The zero-order valence-corrected chi connectivity index (χ0v) is 16.3. The maximum absolute atomic E-state index is 9.72. The summed E-state index contributed by atoms with van der Waals surface area (Å²) in [5.74, 6) is 0.388. The predicted octanol–water partition coefficient (Wildman–Crippen LogP) is 3.34. The van der Waals surface area contributed by atoms with Gasteiger partial charge in [-0.25, -0.2) is 9.97 Å². The monoisotopic (exact) mass is 379 g/mol. The van der Waals surface area contributed by atoms with Crippen LogP contribution in [0.15, 0.2) is 28.0 Å². The molecule has 2 heterocycles. The van der Waals surface area contributed by atoms with Crippen molar-refractivity contribution < 1.29 is 9.84 Å². The first-order chi connectivity index (χ1) is 12.1. The van der Waals surface area contributed by atoms with E-state index in [2.05, 4.69) is 45.3 Å². The molecular formula is C16H21N5O2S2. The largest absolute Gasteiger partial charge is 0.493 e. The summed E-state index contributed by atoms with van der Waals surface area (Å²) in [5, 5.41) is 11.2. The summed E-state index contributed by atoms with van der Waals surface area (Å²) in [6.07, 6.45) is 3.56. The second-order valence-electron chi connectivity index (χ2n) is 4.78. The number of methoxy groups -OCH3 is 1. The third-order valence-electron chi connectivity index (χ3n) is 3.39. The van der Waals surface area contributed by atoms with Gasteiger partial charge in [-0.1, -0.05) is 6.58 Å². The van der Waals surface area contributed by atoms with Crippen LogP contribution in [0.3, 0.4) is 0 Å². The van der Waals surface area contributed by atoms with Gasteiger partial charge in [0.1, 0.15) is 10.7 Å². The van der Waals surface area contributed by atoms with Crippen LogP contribution in [0, 0.1) is 0 Å². The van der Waals surface area contributed by atoms with E-state index in [0.29, 0.717) is 26.9 Å². The highest BCUT2D eigenvalue weighted by Gasteiger charge is 2.19. The molecule has 0 saturated heterocycles. The minimum Gasteiger partial charge on any atom is -0.493 e. The van der Waals surface area contributed by atoms with Crippen LogP contribution in [0.25, 0.3) is 6.08 Å². The lowest BCUT2D eigenvalue weighted by atomic mass is 10.3. The van der Waals surface area contributed by atoms with E-state index in [1.165, 1.54) is 17.8 Å². The van der Waals surface area contributed by atoms with Gasteiger partial charge in [-0.2, -0.15) is 9.97 Å². The number of hydrogen-bond acceptors (Lipinski definition) is 9. The van der Waals surface area contributed by atoms with Crippen molar-refractivity contribution in [3.8, 4) is 11.8 Å². The van der Waals surface area contributed by atoms with E-state index >= 15 is 0 Å². The Balaban J connectivity index is 2.46. The first-order valence-electron chi connectivity index (χ1n) is 7.69. The van der Waals surface area contributed by atoms with Gasteiger partial charge in [-0.05, 0) is 37.9 Å². The first-order valence-corrected chi connectivity index (χ1v) is 9.73. The Labute approximate surface area is 156 Å². The Morgan fingerprint density at radius 1 is 1.20 bits per heavy atom. The van der Waals surface area contributed by atoms with Gasteiger partial charge in [-0.3, -0.25) is 0 Å². The molecule has 9 heteroatoms. The van der Waals surface area contributed by atoms with Crippen molar-refractivity contribution >= 4 is 35.3 Å². The fourth-order valence-corrected chi connectivity index (χ4v) is 3.40. The maximum Gasteiger partial charge on any atom is 0.242 e. The van der Waals surface area contributed by atoms with Crippen LogP contribution in [0.5, 0.6) is 11.8 Å². The summed E-state index contributed by atoms with van der Waals surface area (Å²) in [5.41, 5.74) is 1.50. The fraction of sp³-hybridized carbons (Fsp3) is 0.375. The Hall–Kier alpha value is -2.00. The maximum atomic E-state index is 9.72. The molecule has 0 spiro atoms. The number of anilines is 1. The summed E-state index contributed by atoms with van der Waals surface area (Å²) in [7, 11) is 1.58. The van der Waals surface area contributed by atoms with E-state index in [-0.39, 0.29) is 5.88 Å². The van der Waals surface area contributed by atoms with E-state index in [9.17, 15) is 5.11 Å². The van der Waals surface area contributed by atoms with Gasteiger partial charge in [0, 0.05) is 19.2 Å². The summed E-state index contributed by atoms with van der Waals surface area (Å²) in [6.45, 7) is 9.57. The molecule has 0 fully saturated rings. The molecule has 2 aromatic heterocycles. The lowest BCUT2D eigenvalue weighted by molar-refractivity contribution is 0.392. The third kappa shape index (κ3) is 4.55. The first kappa shape index (κ1) is 19.3. The molecule has 7 nitrogen and oxygen atoms in total. The Morgan fingerprint density at radius 2 is 1.88 bits per heavy atom. The van der Waals surface area contributed by atoms with E-state index in [0.717, 1.165) is 30.5 Å². The number of hydrogen-bond donors (Lipinski definition) is 1. The van der Waals surface area contributed by atoms with Crippen molar-refractivity contribution in [2.24, 2.45) is 0 Å². The molecule has 0 aliphatic heterocycles. The van der Waals surface area contributed by atoms with E-state index in [1.54, 1.807) is 13.2 Å². The molecule has 1 N–H and O–H groups in total. The quantitative estimate of drug-likeness (QED) is 0.421.